The summed E-state index contributed by atoms with van der Waals surface area (Å²) in [5, 5.41) is 4.13. The van der Waals surface area contributed by atoms with Crippen LogP contribution in [0.1, 0.15) is 24.0 Å². The Hall–Kier alpha value is -1.38. The molecule has 2 rings (SSSR count). The maximum absolute atomic E-state index is 5.93. The average molecular weight is 275 g/mol. The molecule has 0 aliphatic carbocycles. The summed E-state index contributed by atoms with van der Waals surface area (Å²) in [6.07, 6.45) is 4.70. The number of rotatable bonds is 5. The van der Waals surface area contributed by atoms with Crippen molar-refractivity contribution in [1.82, 2.24) is 10.3 Å². The summed E-state index contributed by atoms with van der Waals surface area (Å²) in [4.78, 5) is 4.09. The van der Waals surface area contributed by atoms with Crippen molar-refractivity contribution in [2.45, 2.75) is 25.3 Å². The van der Waals surface area contributed by atoms with E-state index in [-0.39, 0.29) is 0 Å². The van der Waals surface area contributed by atoms with Crippen LogP contribution in [-0.4, -0.2) is 18.1 Å². The minimum Gasteiger partial charge on any atom is -0.317 e. The third-order valence-electron chi connectivity index (χ3n) is 3.56. The van der Waals surface area contributed by atoms with Crippen LogP contribution >= 0.6 is 11.6 Å². The van der Waals surface area contributed by atoms with Gasteiger partial charge in [-0.15, -0.1) is 0 Å². The Bertz CT molecular complexity index is 496. The molecule has 0 fully saturated rings. The Morgan fingerprint density at radius 1 is 1.11 bits per heavy atom. The zero-order valence-corrected chi connectivity index (χ0v) is 12.1. The monoisotopic (exact) mass is 274 g/mol. The first kappa shape index (κ1) is 14.0. The van der Waals surface area contributed by atoms with Crippen LogP contribution in [0.5, 0.6) is 0 Å². The topological polar surface area (TPSA) is 24.9 Å². The lowest BCUT2D eigenvalue weighted by atomic mass is 9.87. The fourth-order valence-electron chi connectivity index (χ4n) is 2.27. The molecule has 100 valence electrons. The zero-order valence-electron chi connectivity index (χ0n) is 11.3. The van der Waals surface area contributed by atoms with Crippen LogP contribution in [0.25, 0.3) is 0 Å². The first-order chi connectivity index (χ1) is 9.20. The molecule has 3 heteroatoms. The number of aromatic nitrogens is 1. The lowest BCUT2D eigenvalue weighted by Gasteiger charge is -2.24. The molecule has 2 atom stereocenters. The third kappa shape index (κ3) is 3.79. The van der Waals surface area contributed by atoms with Crippen molar-refractivity contribution in [2.24, 2.45) is 0 Å². The quantitative estimate of drug-likeness (QED) is 0.900. The van der Waals surface area contributed by atoms with Gasteiger partial charge in [0.2, 0.25) is 0 Å². The predicted octanol–water partition coefficient (Wildman–Crippen LogP) is 3.67. The maximum atomic E-state index is 5.93. The summed E-state index contributed by atoms with van der Waals surface area (Å²) >= 11 is 5.93. The van der Waals surface area contributed by atoms with Crippen LogP contribution in [0.2, 0.25) is 5.02 Å². The van der Waals surface area contributed by atoms with Crippen LogP contribution in [0.4, 0.5) is 0 Å². The van der Waals surface area contributed by atoms with E-state index in [1.807, 2.05) is 31.6 Å². The summed E-state index contributed by atoms with van der Waals surface area (Å²) < 4.78 is 0. The lowest BCUT2D eigenvalue weighted by molar-refractivity contribution is 0.491. The summed E-state index contributed by atoms with van der Waals surface area (Å²) in [5.41, 5.74) is 2.61. The first-order valence-corrected chi connectivity index (χ1v) is 6.90. The van der Waals surface area contributed by atoms with E-state index in [2.05, 4.69) is 41.5 Å². The highest BCUT2D eigenvalue weighted by atomic mass is 35.5. The van der Waals surface area contributed by atoms with Gasteiger partial charge < -0.3 is 5.32 Å². The third-order valence-corrected chi connectivity index (χ3v) is 3.81. The second-order valence-corrected chi connectivity index (χ2v) is 5.23. The Labute approximate surface area is 119 Å². The minimum absolute atomic E-state index is 0.401. The van der Waals surface area contributed by atoms with Crippen molar-refractivity contribution in [1.29, 1.82) is 0 Å². The molecule has 1 aromatic heterocycles. The average Bonchev–Trinajstić information content (AvgIpc) is 2.47. The molecule has 1 N–H and O–H groups in total. The first-order valence-electron chi connectivity index (χ1n) is 6.52. The number of halogens is 1. The van der Waals surface area contributed by atoms with E-state index in [0.717, 1.165) is 11.4 Å². The Morgan fingerprint density at radius 2 is 1.74 bits per heavy atom. The van der Waals surface area contributed by atoms with Crippen molar-refractivity contribution in [3.8, 4) is 0 Å². The standard InChI is InChI=1S/C16H19ClN2/c1-12(18-2)16(14-7-9-19-10-8-14)11-13-3-5-15(17)6-4-13/h3-10,12,16,18H,11H2,1-2H3. The molecule has 0 aliphatic rings. The molecular formula is C16H19ClN2. The maximum Gasteiger partial charge on any atom is 0.0406 e. The fourth-order valence-corrected chi connectivity index (χ4v) is 2.40. The number of pyridine rings is 1. The van der Waals surface area contributed by atoms with Gasteiger partial charge in [-0.3, -0.25) is 4.98 Å². The van der Waals surface area contributed by atoms with Crippen molar-refractivity contribution in [2.75, 3.05) is 7.05 Å². The van der Waals surface area contributed by atoms with E-state index in [1.54, 1.807) is 0 Å². The van der Waals surface area contributed by atoms with E-state index >= 15 is 0 Å². The van der Waals surface area contributed by atoms with Gasteiger partial charge in [-0.05, 0) is 55.8 Å². The smallest absolute Gasteiger partial charge is 0.0406 e. The molecule has 2 aromatic rings. The molecular weight excluding hydrogens is 256 g/mol. The number of benzene rings is 1. The highest BCUT2D eigenvalue weighted by molar-refractivity contribution is 6.30. The number of likely N-dealkylation sites (N-methyl/N-ethyl adjacent to an activating group) is 1. The number of nitrogens with zero attached hydrogens (tertiary/aromatic N) is 1. The van der Waals surface area contributed by atoms with Gasteiger partial charge in [0.05, 0.1) is 0 Å². The van der Waals surface area contributed by atoms with E-state index in [0.29, 0.717) is 12.0 Å². The van der Waals surface area contributed by atoms with Crippen LogP contribution in [-0.2, 0) is 6.42 Å². The van der Waals surface area contributed by atoms with Gasteiger partial charge in [0.1, 0.15) is 0 Å². The Kier molecular flexibility index (Phi) is 4.94. The van der Waals surface area contributed by atoms with Gasteiger partial charge in [-0.25, -0.2) is 0 Å². The molecule has 0 aliphatic heterocycles. The van der Waals surface area contributed by atoms with Gasteiger partial charge in [-0.1, -0.05) is 23.7 Å². The molecule has 2 nitrogen and oxygen atoms in total. The normalized spacial score (nSPS) is 14.1. The summed E-state index contributed by atoms with van der Waals surface area (Å²) in [7, 11) is 2.00. The van der Waals surface area contributed by atoms with Gasteiger partial charge in [0, 0.05) is 29.4 Å². The highest BCUT2D eigenvalue weighted by Crippen LogP contribution is 2.24. The van der Waals surface area contributed by atoms with Gasteiger partial charge in [0.15, 0.2) is 0 Å². The molecule has 0 bridgehead atoms. The predicted molar refractivity (Wildman–Crippen MR) is 80.7 cm³/mol. The molecule has 1 aromatic carbocycles. The Balaban J connectivity index is 2.21. The lowest BCUT2D eigenvalue weighted by Crippen LogP contribution is -2.30. The molecule has 1 heterocycles. The van der Waals surface area contributed by atoms with E-state index in [4.69, 9.17) is 11.6 Å². The second-order valence-electron chi connectivity index (χ2n) is 4.79. The SMILES string of the molecule is CNC(C)C(Cc1ccc(Cl)cc1)c1ccncc1. The number of hydrogen-bond donors (Lipinski definition) is 1. The van der Waals surface area contributed by atoms with Crippen molar-refractivity contribution < 1.29 is 0 Å². The molecule has 0 saturated carbocycles. The summed E-state index contributed by atoms with van der Waals surface area (Å²) in [5.74, 6) is 0.425. The van der Waals surface area contributed by atoms with E-state index in [1.165, 1.54) is 11.1 Å². The summed E-state index contributed by atoms with van der Waals surface area (Å²) in [6.45, 7) is 2.21. The molecule has 0 saturated heterocycles. The molecule has 0 spiro atoms. The number of nitrogens with one attached hydrogen (secondary N) is 1. The van der Waals surface area contributed by atoms with E-state index < -0.39 is 0 Å². The van der Waals surface area contributed by atoms with Gasteiger partial charge >= 0.3 is 0 Å². The van der Waals surface area contributed by atoms with Crippen molar-refractivity contribution >= 4 is 11.6 Å². The van der Waals surface area contributed by atoms with Crippen molar-refractivity contribution in [3.63, 3.8) is 0 Å². The van der Waals surface area contributed by atoms with Gasteiger partial charge in [-0.2, -0.15) is 0 Å². The molecule has 0 radical (unpaired) electrons. The van der Waals surface area contributed by atoms with Crippen LogP contribution in [0.3, 0.4) is 0 Å². The Morgan fingerprint density at radius 3 is 2.32 bits per heavy atom. The minimum atomic E-state index is 0.401. The largest absolute Gasteiger partial charge is 0.317 e. The molecule has 0 amide bonds. The van der Waals surface area contributed by atoms with Crippen molar-refractivity contribution in [3.05, 3.63) is 64.9 Å². The van der Waals surface area contributed by atoms with Gasteiger partial charge in [0.25, 0.3) is 0 Å². The van der Waals surface area contributed by atoms with Crippen LogP contribution in [0.15, 0.2) is 48.8 Å². The van der Waals surface area contributed by atoms with Crippen LogP contribution < -0.4 is 5.32 Å². The van der Waals surface area contributed by atoms with Crippen LogP contribution in [0, 0.1) is 0 Å². The molecule has 2 unspecified atom stereocenters. The molecule has 19 heavy (non-hydrogen) atoms. The summed E-state index contributed by atoms with van der Waals surface area (Å²) in [6, 6.07) is 12.7. The zero-order chi connectivity index (χ0) is 13.7. The van der Waals surface area contributed by atoms with E-state index in [9.17, 15) is 0 Å². The number of hydrogen-bond acceptors (Lipinski definition) is 2. The highest BCUT2D eigenvalue weighted by Gasteiger charge is 2.18. The fraction of sp³-hybridized carbons (Fsp3) is 0.312. The second kappa shape index (κ2) is 6.69.